The summed E-state index contributed by atoms with van der Waals surface area (Å²) in [6.45, 7) is 0. The quantitative estimate of drug-likeness (QED) is 0.207. The summed E-state index contributed by atoms with van der Waals surface area (Å²) in [5, 5.41) is 5.51. The van der Waals surface area contributed by atoms with Gasteiger partial charge in [-0.1, -0.05) is 0 Å². The Morgan fingerprint density at radius 2 is 0.556 bits per heavy atom. The van der Waals surface area contributed by atoms with Gasteiger partial charge in [-0.2, -0.15) is 0 Å². The van der Waals surface area contributed by atoms with E-state index in [-0.39, 0.29) is 24.0 Å². The molecule has 0 unspecified atom stereocenters. The molecule has 0 nitrogen and oxygen atoms in total. The first-order valence-electron chi connectivity index (χ1n) is 8.71. The third kappa shape index (κ3) is 3.26. The predicted molar refractivity (Wildman–Crippen MR) is 141 cm³/mol. The first-order valence-corrected chi connectivity index (χ1v) is 13.7. The maximum atomic E-state index is 2.80. The Kier molecular flexibility index (Phi) is 6.39. The Bertz CT molecular complexity index is 818. The fraction of sp³-hybridized carbons (Fsp3) is 0. The van der Waals surface area contributed by atoms with E-state index >= 15 is 0 Å². The number of hydrogen-bond acceptors (Lipinski definition) is 0. The summed E-state index contributed by atoms with van der Waals surface area (Å²) in [6, 6.07) is 44.0. The topological polar surface area (TPSA) is 0 Å². The van der Waals surface area contributed by atoms with Gasteiger partial charge in [0.05, 0.1) is 0 Å². The molecule has 0 N–H and O–H groups in total. The molecule has 0 spiro atoms. The second-order valence-corrected chi connectivity index (χ2v) is 16.2. The van der Waals surface area contributed by atoms with E-state index in [1.807, 2.05) is 0 Å². The zero-order valence-electron chi connectivity index (χ0n) is 14.8. The number of halogens is 2. The van der Waals surface area contributed by atoms with E-state index in [0.717, 1.165) is 0 Å². The van der Waals surface area contributed by atoms with E-state index < -0.39 is 4.25 Å². The van der Waals surface area contributed by atoms with E-state index in [2.05, 4.69) is 143 Å². The van der Waals surface area contributed by atoms with E-state index in [9.17, 15) is 0 Å². The Morgan fingerprint density at radius 1 is 0.370 bits per heavy atom. The molecule has 0 aliphatic carbocycles. The van der Waals surface area contributed by atoms with Crippen molar-refractivity contribution in [3.05, 3.63) is 121 Å². The van der Waals surface area contributed by atoms with Gasteiger partial charge in [0.15, 0.2) is 0 Å². The van der Waals surface area contributed by atoms with Crippen molar-refractivity contribution in [3.8, 4) is 0 Å². The summed E-state index contributed by atoms with van der Waals surface area (Å²) < 4.78 is -2.85. The summed E-state index contributed by atoms with van der Waals surface area (Å²) in [6.07, 6.45) is 0. The van der Waals surface area contributed by atoms with Gasteiger partial charge in [0.1, 0.15) is 0 Å². The zero-order valence-corrected chi connectivity index (χ0v) is 20.2. The van der Waals surface area contributed by atoms with Crippen LogP contribution in [0.15, 0.2) is 121 Å². The van der Waals surface area contributed by atoms with E-state index in [1.165, 1.54) is 21.2 Å². The van der Waals surface area contributed by atoms with Crippen LogP contribution in [-0.2, 0) is 0 Å². The molecule has 0 saturated carbocycles. The predicted octanol–water partition coefficient (Wildman–Crippen LogP) is 5.81. The first kappa shape index (κ1) is 20.5. The average molecular weight is 594 g/mol. The summed E-state index contributed by atoms with van der Waals surface area (Å²) in [4.78, 5) is 0. The Labute approximate surface area is 191 Å². The number of rotatable bonds is 4. The molecule has 0 aromatic heterocycles. The zero-order chi connectivity index (χ0) is 17.9. The van der Waals surface area contributed by atoms with Crippen LogP contribution < -0.4 is 21.2 Å². The second-order valence-electron chi connectivity index (χ2n) is 6.35. The van der Waals surface area contributed by atoms with Crippen molar-refractivity contribution in [2.45, 2.75) is 0 Å². The summed E-state index contributed by atoms with van der Waals surface area (Å²) in [5.74, 6) is 0. The van der Waals surface area contributed by atoms with Crippen molar-refractivity contribution in [3.63, 3.8) is 0 Å². The molecular formula is C24H21I2P. The van der Waals surface area contributed by atoms with Crippen molar-refractivity contribution in [1.29, 1.82) is 0 Å². The van der Waals surface area contributed by atoms with Crippen LogP contribution in [0.2, 0.25) is 0 Å². The Hall–Kier alpha value is -1.23. The molecule has 4 rings (SSSR count). The molecule has 136 valence electrons. The van der Waals surface area contributed by atoms with Crippen LogP contribution in [0.1, 0.15) is 0 Å². The minimum absolute atomic E-state index is 0. The van der Waals surface area contributed by atoms with Gasteiger partial charge in [-0.3, -0.25) is 0 Å². The number of hydrogen-bond donors (Lipinski definition) is 0. The molecule has 0 radical (unpaired) electrons. The van der Waals surface area contributed by atoms with Gasteiger partial charge in [0.2, 0.25) is 0 Å². The van der Waals surface area contributed by atoms with Gasteiger partial charge >= 0.3 is 169 Å². The Balaban J connectivity index is 0.00000210. The molecule has 0 amide bonds. The molecule has 0 aliphatic rings. The van der Waals surface area contributed by atoms with Gasteiger partial charge in [-0.05, 0) is 0 Å². The van der Waals surface area contributed by atoms with Crippen molar-refractivity contribution in [2.24, 2.45) is 0 Å². The maximum absolute atomic E-state index is 2.85. The molecule has 0 atom stereocenters. The van der Waals surface area contributed by atoms with Crippen LogP contribution in [0.25, 0.3) is 0 Å². The monoisotopic (exact) mass is 594 g/mol. The van der Waals surface area contributed by atoms with Crippen molar-refractivity contribution >= 4 is 71.5 Å². The molecule has 4 aromatic carbocycles. The van der Waals surface area contributed by atoms with Crippen molar-refractivity contribution in [2.75, 3.05) is 0 Å². The third-order valence-electron chi connectivity index (χ3n) is 4.96. The molecule has 0 aliphatic heterocycles. The standard InChI is InChI=1S/C24H20IP.HI/c25-26(21-13-5-1-6-14-21,22-15-7-2-8-16-22,23-17-9-3-10-18-23)24-19-11-4-12-20-24;/h1-20H;1H. The molecule has 0 fully saturated rings. The molecule has 27 heavy (non-hydrogen) atoms. The molecule has 4 aromatic rings. The van der Waals surface area contributed by atoms with Gasteiger partial charge < -0.3 is 0 Å². The van der Waals surface area contributed by atoms with E-state index in [4.69, 9.17) is 0 Å². The van der Waals surface area contributed by atoms with Gasteiger partial charge in [0.25, 0.3) is 0 Å². The SMILES string of the molecule is I.IP(c1ccccc1)(c1ccccc1)(c1ccccc1)c1ccccc1. The normalized spacial score (nSPS) is 12.4. The van der Waals surface area contributed by atoms with E-state index in [0.29, 0.717) is 0 Å². The van der Waals surface area contributed by atoms with Crippen molar-refractivity contribution < 1.29 is 0 Å². The van der Waals surface area contributed by atoms with Gasteiger partial charge in [-0.25, -0.2) is 0 Å². The third-order valence-corrected chi connectivity index (χ3v) is 16.7. The van der Waals surface area contributed by atoms with Crippen LogP contribution in [-0.4, -0.2) is 0 Å². The summed E-state index contributed by atoms with van der Waals surface area (Å²) in [5.41, 5.74) is 0. The first-order chi connectivity index (χ1) is 12.7. The number of benzene rings is 4. The molecule has 0 heterocycles. The van der Waals surface area contributed by atoms with Crippen LogP contribution >= 0.6 is 50.3 Å². The van der Waals surface area contributed by atoms with Crippen LogP contribution in [0, 0.1) is 0 Å². The summed E-state index contributed by atoms with van der Waals surface area (Å²) >= 11 is 2.80. The van der Waals surface area contributed by atoms with E-state index in [1.54, 1.807) is 0 Å². The van der Waals surface area contributed by atoms with Crippen molar-refractivity contribution in [1.82, 2.24) is 0 Å². The van der Waals surface area contributed by atoms with Crippen LogP contribution in [0.5, 0.6) is 0 Å². The molecule has 0 saturated heterocycles. The van der Waals surface area contributed by atoms with Gasteiger partial charge in [0, 0.05) is 0 Å². The molecule has 0 bridgehead atoms. The fourth-order valence-corrected chi connectivity index (χ4v) is 12.3. The fourth-order valence-electron chi connectivity index (χ4n) is 3.73. The summed E-state index contributed by atoms with van der Waals surface area (Å²) in [7, 11) is 0. The Morgan fingerprint density at radius 3 is 0.741 bits per heavy atom. The van der Waals surface area contributed by atoms with Gasteiger partial charge in [-0.15, -0.1) is 24.0 Å². The average Bonchev–Trinajstić information content (AvgIpc) is 2.76. The van der Waals surface area contributed by atoms with Crippen LogP contribution in [0.3, 0.4) is 0 Å². The minimum atomic E-state index is -2.85. The molecular weight excluding hydrogens is 573 g/mol. The molecule has 3 heteroatoms. The van der Waals surface area contributed by atoms with Crippen LogP contribution in [0.4, 0.5) is 0 Å². The second kappa shape index (κ2) is 8.42.